The summed E-state index contributed by atoms with van der Waals surface area (Å²) >= 11 is 0. The van der Waals surface area contributed by atoms with E-state index in [1.807, 2.05) is 0 Å². The second-order valence-corrected chi connectivity index (χ2v) is 4.94. The Morgan fingerprint density at radius 1 is 1.38 bits per heavy atom. The molecule has 1 aliphatic heterocycles. The minimum absolute atomic E-state index is 0.727. The lowest BCUT2D eigenvalue weighted by atomic mass is 9.79. The molecule has 4 unspecified atom stereocenters. The lowest BCUT2D eigenvalue weighted by molar-refractivity contribution is 0.187. The number of hydrogen-bond acceptors (Lipinski definition) is 1. The summed E-state index contributed by atoms with van der Waals surface area (Å²) in [5, 5.41) is 3.62. The van der Waals surface area contributed by atoms with Gasteiger partial charge in [-0.25, -0.2) is 0 Å². The van der Waals surface area contributed by atoms with Gasteiger partial charge < -0.3 is 5.32 Å². The molecule has 4 atom stereocenters. The molecular weight excluding hydrogens is 158 g/mol. The number of rotatable bonds is 3. The molecule has 0 aliphatic carbocycles. The predicted octanol–water partition coefficient (Wildman–Crippen LogP) is 3.06. The molecule has 13 heavy (non-hydrogen) atoms. The average Bonchev–Trinajstić information content (AvgIpc) is 2.10. The van der Waals surface area contributed by atoms with Gasteiger partial charge in [-0.05, 0) is 37.6 Å². The number of hydrogen-bond donors (Lipinski definition) is 1. The maximum absolute atomic E-state index is 3.62. The lowest BCUT2D eigenvalue weighted by Crippen LogP contribution is -2.44. The van der Waals surface area contributed by atoms with Crippen molar-refractivity contribution >= 4 is 0 Å². The first-order chi connectivity index (χ1) is 6.15. The molecule has 1 aliphatic rings. The number of piperidine rings is 1. The van der Waals surface area contributed by atoms with E-state index in [4.69, 9.17) is 0 Å². The summed E-state index contributed by atoms with van der Waals surface area (Å²) in [6.07, 6.45) is 4.16. The van der Waals surface area contributed by atoms with Gasteiger partial charge in [0.05, 0.1) is 0 Å². The Morgan fingerprint density at radius 3 is 2.62 bits per heavy atom. The maximum atomic E-state index is 3.62. The molecule has 1 heteroatoms. The van der Waals surface area contributed by atoms with Crippen LogP contribution in [0, 0.1) is 17.8 Å². The molecular formula is C12H25N. The first kappa shape index (κ1) is 11.0. The molecule has 1 nitrogen and oxygen atoms in total. The summed E-state index contributed by atoms with van der Waals surface area (Å²) in [6, 6.07) is 0.727. The van der Waals surface area contributed by atoms with Crippen LogP contribution < -0.4 is 5.32 Å². The molecule has 1 saturated heterocycles. The first-order valence-corrected chi connectivity index (χ1v) is 5.88. The van der Waals surface area contributed by atoms with Crippen molar-refractivity contribution in [3.8, 4) is 0 Å². The van der Waals surface area contributed by atoms with Crippen LogP contribution in [0.25, 0.3) is 0 Å². The minimum atomic E-state index is 0.727. The zero-order valence-corrected chi connectivity index (χ0v) is 9.64. The fourth-order valence-corrected chi connectivity index (χ4v) is 2.43. The Hall–Kier alpha value is -0.0400. The first-order valence-electron chi connectivity index (χ1n) is 5.88. The summed E-state index contributed by atoms with van der Waals surface area (Å²) in [4.78, 5) is 0. The smallest absolute Gasteiger partial charge is 0.00645 e. The van der Waals surface area contributed by atoms with E-state index in [2.05, 4.69) is 33.0 Å². The van der Waals surface area contributed by atoms with E-state index in [0.29, 0.717) is 0 Å². The van der Waals surface area contributed by atoms with Crippen LogP contribution in [0.15, 0.2) is 0 Å². The van der Waals surface area contributed by atoms with Crippen molar-refractivity contribution < 1.29 is 0 Å². The quantitative estimate of drug-likeness (QED) is 0.709. The average molecular weight is 183 g/mol. The molecule has 0 amide bonds. The second kappa shape index (κ2) is 4.99. The minimum Gasteiger partial charge on any atom is -0.314 e. The molecule has 0 aromatic carbocycles. The normalized spacial score (nSPS) is 37.4. The van der Waals surface area contributed by atoms with E-state index in [1.54, 1.807) is 0 Å². The summed E-state index contributed by atoms with van der Waals surface area (Å²) in [5.74, 6) is 2.69. The van der Waals surface area contributed by atoms with E-state index >= 15 is 0 Å². The van der Waals surface area contributed by atoms with Crippen molar-refractivity contribution in [1.29, 1.82) is 0 Å². The van der Waals surface area contributed by atoms with Gasteiger partial charge in [0.25, 0.3) is 0 Å². The Kier molecular flexibility index (Phi) is 4.24. The van der Waals surface area contributed by atoms with Gasteiger partial charge in [0.15, 0.2) is 0 Å². The molecule has 0 spiro atoms. The van der Waals surface area contributed by atoms with Crippen LogP contribution >= 0.6 is 0 Å². The second-order valence-electron chi connectivity index (χ2n) is 4.94. The lowest BCUT2D eigenvalue weighted by Gasteiger charge is -2.36. The van der Waals surface area contributed by atoms with Gasteiger partial charge >= 0.3 is 0 Å². The van der Waals surface area contributed by atoms with Gasteiger partial charge in [0, 0.05) is 6.04 Å². The van der Waals surface area contributed by atoms with E-state index in [-0.39, 0.29) is 0 Å². The van der Waals surface area contributed by atoms with Crippen molar-refractivity contribution in [3.05, 3.63) is 0 Å². The highest BCUT2D eigenvalue weighted by atomic mass is 14.9. The molecule has 78 valence electrons. The molecule has 1 heterocycles. The Morgan fingerprint density at radius 2 is 2.08 bits per heavy atom. The molecule has 0 aromatic rings. The van der Waals surface area contributed by atoms with Crippen molar-refractivity contribution in [1.82, 2.24) is 5.32 Å². The van der Waals surface area contributed by atoms with Crippen LogP contribution in [0.4, 0.5) is 0 Å². The molecule has 0 radical (unpaired) electrons. The number of nitrogens with one attached hydrogen (secondary N) is 1. The topological polar surface area (TPSA) is 12.0 Å². The predicted molar refractivity (Wildman–Crippen MR) is 58.8 cm³/mol. The maximum Gasteiger partial charge on any atom is 0.00645 e. The Labute approximate surface area is 83.3 Å². The summed E-state index contributed by atoms with van der Waals surface area (Å²) < 4.78 is 0. The van der Waals surface area contributed by atoms with Crippen LogP contribution in [0.3, 0.4) is 0 Å². The van der Waals surface area contributed by atoms with Crippen LogP contribution in [0.5, 0.6) is 0 Å². The molecule has 0 bridgehead atoms. The van der Waals surface area contributed by atoms with E-state index in [1.165, 1.54) is 25.8 Å². The van der Waals surface area contributed by atoms with Crippen LogP contribution in [0.2, 0.25) is 0 Å². The van der Waals surface area contributed by atoms with Gasteiger partial charge in [0.1, 0.15) is 0 Å². The van der Waals surface area contributed by atoms with Crippen molar-refractivity contribution in [2.24, 2.45) is 17.8 Å². The third kappa shape index (κ3) is 2.98. The summed E-state index contributed by atoms with van der Waals surface area (Å²) in [7, 11) is 0. The van der Waals surface area contributed by atoms with Gasteiger partial charge in [-0.3, -0.25) is 0 Å². The third-order valence-electron chi connectivity index (χ3n) is 3.78. The monoisotopic (exact) mass is 183 g/mol. The highest BCUT2D eigenvalue weighted by Crippen LogP contribution is 2.28. The standard InChI is InChI=1S/C12H25N/c1-5-6-9(2)12-7-10(3)11(4)13-8-12/h9-13H,5-8H2,1-4H3. The molecule has 1 N–H and O–H groups in total. The highest BCUT2D eigenvalue weighted by Gasteiger charge is 2.26. The summed E-state index contributed by atoms with van der Waals surface area (Å²) in [5.41, 5.74) is 0. The Bertz CT molecular complexity index is 144. The van der Waals surface area contributed by atoms with E-state index in [0.717, 1.165) is 23.8 Å². The fourth-order valence-electron chi connectivity index (χ4n) is 2.43. The molecule has 0 aromatic heterocycles. The SMILES string of the molecule is CCCC(C)C1CNC(C)C(C)C1. The van der Waals surface area contributed by atoms with Crippen LogP contribution in [-0.2, 0) is 0 Å². The van der Waals surface area contributed by atoms with Gasteiger partial charge in [-0.1, -0.05) is 33.6 Å². The molecule has 1 fully saturated rings. The van der Waals surface area contributed by atoms with Gasteiger partial charge in [-0.15, -0.1) is 0 Å². The van der Waals surface area contributed by atoms with E-state index < -0.39 is 0 Å². The van der Waals surface area contributed by atoms with Crippen LogP contribution in [0.1, 0.15) is 47.0 Å². The van der Waals surface area contributed by atoms with Crippen molar-refractivity contribution in [2.45, 2.75) is 53.0 Å². The van der Waals surface area contributed by atoms with Crippen LogP contribution in [-0.4, -0.2) is 12.6 Å². The third-order valence-corrected chi connectivity index (χ3v) is 3.78. The zero-order valence-electron chi connectivity index (χ0n) is 9.64. The fraction of sp³-hybridized carbons (Fsp3) is 1.00. The van der Waals surface area contributed by atoms with Gasteiger partial charge in [0.2, 0.25) is 0 Å². The Balaban J connectivity index is 2.36. The molecule has 1 rings (SSSR count). The largest absolute Gasteiger partial charge is 0.314 e. The zero-order chi connectivity index (χ0) is 9.84. The van der Waals surface area contributed by atoms with E-state index in [9.17, 15) is 0 Å². The van der Waals surface area contributed by atoms with Crippen molar-refractivity contribution in [2.75, 3.05) is 6.54 Å². The highest BCUT2D eigenvalue weighted by molar-refractivity contribution is 4.82. The van der Waals surface area contributed by atoms with Gasteiger partial charge in [-0.2, -0.15) is 0 Å². The summed E-state index contributed by atoms with van der Waals surface area (Å²) in [6.45, 7) is 10.6. The molecule has 0 saturated carbocycles. The van der Waals surface area contributed by atoms with Crippen molar-refractivity contribution in [3.63, 3.8) is 0 Å².